The van der Waals surface area contributed by atoms with Crippen LogP contribution in [-0.2, 0) is 18.0 Å². The molecule has 0 aliphatic heterocycles. The number of amides is 1. The number of carbonyl (C=O) groups is 1. The summed E-state index contributed by atoms with van der Waals surface area (Å²) in [4.78, 5) is 16.6. The lowest BCUT2D eigenvalue weighted by atomic mass is 10.1. The molecule has 0 saturated heterocycles. The minimum Gasteiger partial charge on any atom is -0.493 e. The van der Waals surface area contributed by atoms with Crippen LogP contribution < -0.4 is 19.5 Å². The van der Waals surface area contributed by atoms with Crippen molar-refractivity contribution in [2.24, 2.45) is 7.05 Å². The Morgan fingerprint density at radius 3 is 2.45 bits per heavy atom. The minimum absolute atomic E-state index is 0.00910. The van der Waals surface area contributed by atoms with Gasteiger partial charge in [-0.25, -0.2) is 0 Å². The lowest BCUT2D eigenvalue weighted by molar-refractivity contribution is -0.136. The van der Waals surface area contributed by atoms with Crippen LogP contribution in [0, 0.1) is 6.92 Å². The van der Waals surface area contributed by atoms with Gasteiger partial charge in [0.1, 0.15) is 0 Å². The Morgan fingerprint density at radius 2 is 1.84 bits per heavy atom. The van der Waals surface area contributed by atoms with Crippen molar-refractivity contribution in [3.8, 4) is 17.4 Å². The zero-order chi connectivity index (χ0) is 22.9. The smallest absolute Gasteiger partial charge is 0.417 e. The molecular weight excluding hydrogens is 417 g/mol. The molecule has 11 heteroatoms. The summed E-state index contributed by atoms with van der Waals surface area (Å²) in [5.41, 5.74) is -0.316. The van der Waals surface area contributed by atoms with E-state index in [1.54, 1.807) is 18.2 Å². The molecule has 1 atom stereocenters. The third-order valence-corrected chi connectivity index (χ3v) is 4.57. The molecule has 0 aliphatic rings. The summed E-state index contributed by atoms with van der Waals surface area (Å²) >= 11 is 0. The van der Waals surface area contributed by atoms with E-state index in [0.717, 1.165) is 6.07 Å². The molecule has 0 radical (unpaired) electrons. The number of rotatable bonds is 6. The zero-order valence-corrected chi connectivity index (χ0v) is 17.5. The van der Waals surface area contributed by atoms with Gasteiger partial charge in [0, 0.05) is 24.9 Å². The summed E-state index contributed by atoms with van der Waals surface area (Å²) < 4.78 is 57.7. The molecule has 0 unspecified atom stereocenters. The molecule has 0 bridgehead atoms. The number of pyridine rings is 1. The molecule has 1 amide bonds. The second-order valence-corrected chi connectivity index (χ2v) is 6.73. The van der Waals surface area contributed by atoms with Crippen LogP contribution in [-0.4, -0.2) is 41.0 Å². The van der Waals surface area contributed by atoms with Crippen LogP contribution in [0.5, 0.6) is 17.4 Å². The van der Waals surface area contributed by atoms with E-state index in [-0.39, 0.29) is 22.6 Å². The average Bonchev–Trinajstić information content (AvgIpc) is 3.00. The van der Waals surface area contributed by atoms with Gasteiger partial charge in [-0.05, 0) is 26.0 Å². The second kappa shape index (κ2) is 8.32. The Bertz CT molecular complexity index is 1130. The Hall–Kier alpha value is -3.50. The lowest BCUT2D eigenvalue weighted by Gasteiger charge is -2.17. The normalized spacial score (nSPS) is 12.5. The highest BCUT2D eigenvalue weighted by Gasteiger charge is 2.36. The molecule has 3 aromatic rings. The van der Waals surface area contributed by atoms with E-state index < -0.39 is 23.8 Å². The van der Waals surface area contributed by atoms with E-state index in [1.165, 1.54) is 39.8 Å². The number of nitrogens with one attached hydrogen (secondary N) is 1. The summed E-state index contributed by atoms with van der Waals surface area (Å²) in [6.07, 6.45) is -5.77. The van der Waals surface area contributed by atoms with Crippen molar-refractivity contribution < 1.29 is 32.2 Å². The number of halogens is 3. The number of nitrogens with zero attached hydrogens (tertiary/aromatic N) is 3. The molecular formula is C20H21F3N4O4. The largest absolute Gasteiger partial charge is 0.493 e. The predicted octanol–water partition coefficient (Wildman–Crippen LogP) is 3.72. The Kier molecular flexibility index (Phi) is 5.96. The van der Waals surface area contributed by atoms with E-state index in [9.17, 15) is 18.0 Å². The standard InChI is InChI=1S/C20H21F3N4O4/c1-10-17-13(20(21,22)23)9-16(25-18(17)27(3)26-10)31-11(2)19(28)24-12-6-7-14(29-4)15(8-12)30-5/h6-9,11H,1-5H3,(H,24,28)/t11-/m1/s1. The van der Waals surface area contributed by atoms with Crippen LogP contribution in [0.15, 0.2) is 24.3 Å². The van der Waals surface area contributed by atoms with Gasteiger partial charge in [-0.3, -0.25) is 9.48 Å². The first-order valence-electron chi connectivity index (χ1n) is 9.16. The van der Waals surface area contributed by atoms with Crippen LogP contribution in [0.2, 0.25) is 0 Å². The average molecular weight is 438 g/mol. The number of anilines is 1. The predicted molar refractivity (Wildman–Crippen MR) is 107 cm³/mol. The number of fused-ring (bicyclic) bond motifs is 1. The molecule has 0 spiro atoms. The number of hydrogen-bond donors (Lipinski definition) is 1. The summed E-state index contributed by atoms with van der Waals surface area (Å²) in [5.74, 6) is -0.0301. The quantitative estimate of drug-likeness (QED) is 0.631. The topological polar surface area (TPSA) is 87.5 Å². The molecule has 0 saturated carbocycles. The Morgan fingerprint density at radius 1 is 1.16 bits per heavy atom. The van der Waals surface area contributed by atoms with E-state index >= 15 is 0 Å². The maximum atomic E-state index is 13.6. The fourth-order valence-electron chi connectivity index (χ4n) is 3.10. The highest BCUT2D eigenvalue weighted by atomic mass is 19.4. The highest BCUT2D eigenvalue weighted by Crippen LogP contribution is 2.37. The molecule has 0 aliphatic carbocycles. The van der Waals surface area contributed by atoms with Gasteiger partial charge in [0.15, 0.2) is 23.3 Å². The summed E-state index contributed by atoms with van der Waals surface area (Å²) in [5, 5.41) is 6.51. The third-order valence-electron chi connectivity index (χ3n) is 4.57. The maximum Gasteiger partial charge on any atom is 0.417 e. The van der Waals surface area contributed by atoms with Gasteiger partial charge in [-0.15, -0.1) is 0 Å². The Labute approximate surface area is 175 Å². The Balaban J connectivity index is 1.85. The summed E-state index contributed by atoms with van der Waals surface area (Å²) in [7, 11) is 4.42. The van der Waals surface area contributed by atoms with Crippen molar-refractivity contribution in [1.29, 1.82) is 0 Å². The molecule has 2 aromatic heterocycles. The van der Waals surface area contributed by atoms with Gasteiger partial charge >= 0.3 is 6.18 Å². The van der Waals surface area contributed by atoms with Crippen LogP contribution in [0.3, 0.4) is 0 Å². The minimum atomic E-state index is -4.64. The first-order chi connectivity index (χ1) is 14.5. The van der Waals surface area contributed by atoms with Crippen molar-refractivity contribution in [2.45, 2.75) is 26.1 Å². The number of aryl methyl sites for hydroxylation is 2. The van der Waals surface area contributed by atoms with E-state index in [2.05, 4.69) is 15.4 Å². The van der Waals surface area contributed by atoms with Crippen molar-refractivity contribution in [1.82, 2.24) is 14.8 Å². The fourth-order valence-corrected chi connectivity index (χ4v) is 3.10. The zero-order valence-electron chi connectivity index (χ0n) is 17.5. The molecule has 31 heavy (non-hydrogen) atoms. The fraction of sp³-hybridized carbons (Fsp3) is 0.350. The summed E-state index contributed by atoms with van der Waals surface area (Å²) in [6.45, 7) is 2.88. The van der Waals surface area contributed by atoms with Gasteiger partial charge in [0.05, 0.1) is 30.9 Å². The van der Waals surface area contributed by atoms with Crippen molar-refractivity contribution in [2.75, 3.05) is 19.5 Å². The number of alkyl halides is 3. The number of aromatic nitrogens is 3. The molecule has 1 N–H and O–H groups in total. The molecule has 3 rings (SSSR count). The molecule has 1 aromatic carbocycles. The van der Waals surface area contributed by atoms with Crippen molar-refractivity contribution >= 4 is 22.6 Å². The van der Waals surface area contributed by atoms with Gasteiger partial charge in [0.25, 0.3) is 5.91 Å². The number of hydrogen-bond acceptors (Lipinski definition) is 6. The van der Waals surface area contributed by atoms with Gasteiger partial charge < -0.3 is 19.5 Å². The van der Waals surface area contributed by atoms with E-state index in [0.29, 0.717) is 17.2 Å². The van der Waals surface area contributed by atoms with Gasteiger partial charge in [0.2, 0.25) is 5.88 Å². The molecule has 0 fully saturated rings. The monoisotopic (exact) mass is 438 g/mol. The first kappa shape index (κ1) is 22.2. The van der Waals surface area contributed by atoms with Crippen LogP contribution in [0.4, 0.5) is 18.9 Å². The second-order valence-electron chi connectivity index (χ2n) is 6.73. The number of methoxy groups -OCH3 is 2. The van der Waals surface area contributed by atoms with Crippen molar-refractivity contribution in [3.05, 3.63) is 35.5 Å². The van der Waals surface area contributed by atoms with E-state index in [1.807, 2.05) is 0 Å². The SMILES string of the molecule is COc1ccc(NC(=O)[C@@H](C)Oc2cc(C(F)(F)F)c3c(C)nn(C)c3n2)cc1OC. The first-order valence-corrected chi connectivity index (χ1v) is 9.16. The molecule has 166 valence electrons. The van der Waals surface area contributed by atoms with Gasteiger partial charge in [-0.1, -0.05) is 0 Å². The maximum absolute atomic E-state index is 13.6. The summed E-state index contributed by atoms with van der Waals surface area (Å²) in [6, 6.07) is 5.53. The number of benzene rings is 1. The van der Waals surface area contributed by atoms with Crippen molar-refractivity contribution in [3.63, 3.8) is 0 Å². The number of carbonyl (C=O) groups excluding carboxylic acids is 1. The van der Waals surface area contributed by atoms with Crippen LogP contribution >= 0.6 is 0 Å². The lowest BCUT2D eigenvalue weighted by Crippen LogP contribution is -2.30. The number of ether oxygens (including phenoxy) is 3. The van der Waals surface area contributed by atoms with E-state index in [4.69, 9.17) is 14.2 Å². The van der Waals surface area contributed by atoms with Crippen LogP contribution in [0.1, 0.15) is 18.2 Å². The van der Waals surface area contributed by atoms with Gasteiger partial charge in [-0.2, -0.15) is 23.3 Å². The highest BCUT2D eigenvalue weighted by molar-refractivity contribution is 5.94. The third kappa shape index (κ3) is 4.49. The van der Waals surface area contributed by atoms with Crippen LogP contribution in [0.25, 0.3) is 11.0 Å². The molecule has 2 heterocycles. The molecule has 8 nitrogen and oxygen atoms in total.